The van der Waals surface area contributed by atoms with Crippen LogP contribution in [-0.4, -0.2) is 38.7 Å². The maximum atomic E-state index is 12.9. The average Bonchev–Trinajstić information content (AvgIpc) is 2.91. The topological polar surface area (TPSA) is 84.7 Å². The average molecular weight is 368 g/mol. The summed E-state index contributed by atoms with van der Waals surface area (Å²) in [6.45, 7) is 4.79. The Labute approximate surface area is 156 Å². The van der Waals surface area contributed by atoms with E-state index in [1.807, 2.05) is 31.6 Å². The molecule has 2 N–H and O–H groups in total. The Bertz CT molecular complexity index is 951. The number of anilines is 1. The zero-order valence-electron chi connectivity index (χ0n) is 15.5. The Hall–Kier alpha value is -3.29. The summed E-state index contributed by atoms with van der Waals surface area (Å²) in [6.07, 6.45) is 1.69. The van der Waals surface area contributed by atoms with Gasteiger partial charge in [-0.15, -0.1) is 0 Å². The summed E-state index contributed by atoms with van der Waals surface area (Å²) in [4.78, 5) is 20.7. The standard InChI is InChI=1S/C19H21FN6O/c1-12-17(13(2)26(3)25-12)16-8-9-22-19(24-16)23-11-10-21-18(27)14-4-6-15(20)7-5-14/h4-9H,10-11H2,1-3H3,(H,21,27)(H,22,23,24). The van der Waals surface area contributed by atoms with E-state index in [2.05, 4.69) is 25.7 Å². The van der Waals surface area contributed by atoms with Gasteiger partial charge in [-0.2, -0.15) is 5.10 Å². The number of aromatic nitrogens is 4. The maximum absolute atomic E-state index is 12.9. The Morgan fingerprint density at radius 3 is 2.56 bits per heavy atom. The largest absolute Gasteiger partial charge is 0.352 e. The Kier molecular flexibility index (Phi) is 5.44. The lowest BCUT2D eigenvalue weighted by molar-refractivity contribution is 0.0955. The molecule has 27 heavy (non-hydrogen) atoms. The van der Waals surface area contributed by atoms with Crippen LogP contribution in [0.4, 0.5) is 10.3 Å². The zero-order chi connectivity index (χ0) is 19.4. The fraction of sp³-hybridized carbons (Fsp3) is 0.263. The Morgan fingerprint density at radius 2 is 1.89 bits per heavy atom. The molecule has 140 valence electrons. The number of halogens is 1. The Balaban J connectivity index is 1.57. The molecule has 3 rings (SSSR count). The van der Waals surface area contributed by atoms with Crippen molar-refractivity contribution in [2.24, 2.45) is 7.05 Å². The summed E-state index contributed by atoms with van der Waals surface area (Å²) < 4.78 is 14.7. The number of hydrogen-bond acceptors (Lipinski definition) is 5. The number of benzene rings is 1. The second kappa shape index (κ2) is 7.94. The molecule has 0 aliphatic heterocycles. The number of carbonyl (C=O) groups is 1. The zero-order valence-corrected chi connectivity index (χ0v) is 15.5. The highest BCUT2D eigenvalue weighted by Gasteiger charge is 2.13. The fourth-order valence-corrected chi connectivity index (χ4v) is 2.78. The van der Waals surface area contributed by atoms with Crippen molar-refractivity contribution in [2.75, 3.05) is 18.4 Å². The Morgan fingerprint density at radius 1 is 1.15 bits per heavy atom. The number of carbonyl (C=O) groups excluding carboxylic acids is 1. The van der Waals surface area contributed by atoms with Crippen LogP contribution >= 0.6 is 0 Å². The van der Waals surface area contributed by atoms with Crippen LogP contribution in [0.15, 0.2) is 36.5 Å². The van der Waals surface area contributed by atoms with Crippen molar-refractivity contribution in [2.45, 2.75) is 13.8 Å². The van der Waals surface area contributed by atoms with Crippen LogP contribution in [0.25, 0.3) is 11.3 Å². The van der Waals surface area contributed by atoms with Gasteiger partial charge in [0.2, 0.25) is 5.95 Å². The first-order valence-corrected chi connectivity index (χ1v) is 8.57. The molecule has 7 nitrogen and oxygen atoms in total. The van der Waals surface area contributed by atoms with Crippen molar-refractivity contribution in [3.8, 4) is 11.3 Å². The number of hydrogen-bond donors (Lipinski definition) is 2. The summed E-state index contributed by atoms with van der Waals surface area (Å²) in [7, 11) is 1.90. The van der Waals surface area contributed by atoms with Crippen LogP contribution in [0.2, 0.25) is 0 Å². The van der Waals surface area contributed by atoms with Crippen molar-refractivity contribution >= 4 is 11.9 Å². The van der Waals surface area contributed by atoms with Gasteiger partial charge in [0.05, 0.1) is 11.4 Å². The number of nitrogens with zero attached hydrogens (tertiary/aromatic N) is 4. The number of amides is 1. The van der Waals surface area contributed by atoms with Crippen LogP contribution in [-0.2, 0) is 7.05 Å². The van der Waals surface area contributed by atoms with Crippen molar-refractivity contribution in [1.29, 1.82) is 0 Å². The molecule has 0 saturated carbocycles. The van der Waals surface area contributed by atoms with Gasteiger partial charge in [0.1, 0.15) is 5.82 Å². The van der Waals surface area contributed by atoms with E-state index in [9.17, 15) is 9.18 Å². The van der Waals surface area contributed by atoms with E-state index in [4.69, 9.17) is 0 Å². The third-order valence-corrected chi connectivity index (χ3v) is 4.22. The first-order valence-electron chi connectivity index (χ1n) is 8.57. The van der Waals surface area contributed by atoms with E-state index in [0.717, 1.165) is 22.6 Å². The molecular weight excluding hydrogens is 347 g/mol. The van der Waals surface area contributed by atoms with E-state index >= 15 is 0 Å². The molecular formula is C19H21FN6O. The molecule has 0 aliphatic rings. The summed E-state index contributed by atoms with van der Waals surface area (Å²) >= 11 is 0. The first-order chi connectivity index (χ1) is 13.0. The number of aryl methyl sites for hydroxylation is 2. The SMILES string of the molecule is Cc1nn(C)c(C)c1-c1ccnc(NCCNC(=O)c2ccc(F)cc2)n1. The summed E-state index contributed by atoms with van der Waals surface area (Å²) in [6, 6.07) is 7.26. The van der Waals surface area contributed by atoms with Gasteiger partial charge in [0.25, 0.3) is 5.91 Å². The quantitative estimate of drug-likeness (QED) is 0.653. The van der Waals surface area contributed by atoms with E-state index in [1.165, 1.54) is 24.3 Å². The highest BCUT2D eigenvalue weighted by Crippen LogP contribution is 2.24. The molecule has 0 bridgehead atoms. The number of rotatable bonds is 6. The van der Waals surface area contributed by atoms with E-state index in [-0.39, 0.29) is 11.7 Å². The molecule has 1 aromatic carbocycles. The molecule has 2 heterocycles. The van der Waals surface area contributed by atoms with Crippen molar-refractivity contribution in [3.63, 3.8) is 0 Å². The molecule has 0 aliphatic carbocycles. The van der Waals surface area contributed by atoms with Gasteiger partial charge in [0.15, 0.2) is 0 Å². The summed E-state index contributed by atoms with van der Waals surface area (Å²) in [5.41, 5.74) is 4.14. The van der Waals surface area contributed by atoms with Crippen LogP contribution in [0.5, 0.6) is 0 Å². The van der Waals surface area contributed by atoms with E-state index in [1.54, 1.807) is 6.20 Å². The van der Waals surface area contributed by atoms with Crippen LogP contribution in [0, 0.1) is 19.7 Å². The summed E-state index contributed by atoms with van der Waals surface area (Å²) in [5, 5.41) is 10.3. The van der Waals surface area contributed by atoms with Crippen LogP contribution < -0.4 is 10.6 Å². The predicted molar refractivity (Wildman–Crippen MR) is 101 cm³/mol. The molecule has 1 amide bonds. The van der Waals surface area contributed by atoms with Gasteiger partial charge in [-0.3, -0.25) is 9.48 Å². The van der Waals surface area contributed by atoms with Crippen molar-refractivity contribution in [1.82, 2.24) is 25.1 Å². The third-order valence-electron chi connectivity index (χ3n) is 4.22. The maximum Gasteiger partial charge on any atom is 0.251 e. The lowest BCUT2D eigenvalue weighted by Crippen LogP contribution is -2.29. The highest BCUT2D eigenvalue weighted by atomic mass is 19.1. The minimum atomic E-state index is -0.371. The smallest absolute Gasteiger partial charge is 0.251 e. The fourth-order valence-electron chi connectivity index (χ4n) is 2.78. The van der Waals surface area contributed by atoms with Crippen LogP contribution in [0.1, 0.15) is 21.7 Å². The lowest BCUT2D eigenvalue weighted by Gasteiger charge is -2.08. The van der Waals surface area contributed by atoms with Gasteiger partial charge in [-0.05, 0) is 44.2 Å². The van der Waals surface area contributed by atoms with Gasteiger partial charge in [-0.25, -0.2) is 14.4 Å². The molecule has 3 aromatic rings. The van der Waals surface area contributed by atoms with Crippen molar-refractivity contribution in [3.05, 3.63) is 59.3 Å². The molecule has 0 fully saturated rings. The highest BCUT2D eigenvalue weighted by molar-refractivity contribution is 5.94. The molecule has 0 atom stereocenters. The molecule has 2 aromatic heterocycles. The van der Waals surface area contributed by atoms with E-state index < -0.39 is 0 Å². The van der Waals surface area contributed by atoms with Crippen molar-refractivity contribution < 1.29 is 9.18 Å². The van der Waals surface area contributed by atoms with Gasteiger partial charge in [-0.1, -0.05) is 0 Å². The summed E-state index contributed by atoms with van der Waals surface area (Å²) in [5.74, 6) is -0.149. The second-order valence-corrected chi connectivity index (χ2v) is 6.12. The van der Waals surface area contributed by atoms with Crippen LogP contribution in [0.3, 0.4) is 0 Å². The normalized spacial score (nSPS) is 10.7. The third kappa shape index (κ3) is 4.28. The molecule has 0 spiro atoms. The molecule has 8 heteroatoms. The second-order valence-electron chi connectivity index (χ2n) is 6.12. The minimum Gasteiger partial charge on any atom is -0.352 e. The lowest BCUT2D eigenvalue weighted by atomic mass is 10.1. The first kappa shape index (κ1) is 18.5. The van der Waals surface area contributed by atoms with Gasteiger partial charge >= 0.3 is 0 Å². The van der Waals surface area contributed by atoms with Gasteiger partial charge < -0.3 is 10.6 Å². The molecule has 0 radical (unpaired) electrons. The molecule has 0 saturated heterocycles. The predicted octanol–water partition coefficient (Wildman–Crippen LogP) is 2.47. The monoisotopic (exact) mass is 368 g/mol. The van der Waals surface area contributed by atoms with E-state index in [0.29, 0.717) is 24.6 Å². The minimum absolute atomic E-state index is 0.256. The van der Waals surface area contributed by atoms with Gasteiger partial charge in [0, 0.05) is 43.2 Å². The molecule has 0 unspecified atom stereocenters. The number of nitrogens with one attached hydrogen (secondary N) is 2.